The third-order valence-corrected chi connectivity index (χ3v) is 4.27. The topological polar surface area (TPSA) is 41.1 Å². The molecule has 0 aliphatic heterocycles. The second-order valence-corrected chi connectivity index (χ2v) is 6.49. The molecule has 0 fully saturated rings. The van der Waals surface area contributed by atoms with E-state index in [0.717, 1.165) is 20.2 Å². The van der Waals surface area contributed by atoms with Crippen LogP contribution in [0.25, 0.3) is 0 Å². The lowest BCUT2D eigenvalue weighted by atomic mass is 10.2. The normalized spacial score (nSPS) is 10.0. The number of carbonyl (C=O) groups is 1. The number of anilines is 1. The molecule has 0 saturated carbocycles. The van der Waals surface area contributed by atoms with Crippen molar-refractivity contribution in [3.63, 3.8) is 0 Å². The van der Waals surface area contributed by atoms with Crippen LogP contribution in [0.2, 0.25) is 0 Å². The number of amides is 1. The van der Waals surface area contributed by atoms with Crippen LogP contribution in [0.5, 0.6) is 0 Å². The quantitative estimate of drug-likeness (QED) is 0.685. The molecule has 0 spiro atoms. The molecule has 6 heteroatoms. The molecule has 0 heterocycles. The Morgan fingerprint density at radius 2 is 1.81 bits per heavy atom. The molecule has 2 aromatic rings. The van der Waals surface area contributed by atoms with Gasteiger partial charge < -0.3 is 5.32 Å². The van der Waals surface area contributed by atoms with Crippen molar-refractivity contribution in [3.05, 3.63) is 62.5 Å². The van der Waals surface area contributed by atoms with E-state index in [1.165, 1.54) is 0 Å². The second-order valence-electron chi connectivity index (χ2n) is 4.37. The van der Waals surface area contributed by atoms with Gasteiger partial charge in [0.15, 0.2) is 5.11 Å². The van der Waals surface area contributed by atoms with Crippen LogP contribution in [0.1, 0.15) is 15.9 Å². The van der Waals surface area contributed by atoms with Crippen molar-refractivity contribution in [2.75, 3.05) is 5.32 Å². The summed E-state index contributed by atoms with van der Waals surface area (Å²) in [6.07, 6.45) is 0. The van der Waals surface area contributed by atoms with Crippen LogP contribution in [0.15, 0.2) is 51.4 Å². The highest BCUT2D eigenvalue weighted by atomic mass is 79.9. The van der Waals surface area contributed by atoms with E-state index in [2.05, 4.69) is 42.5 Å². The van der Waals surface area contributed by atoms with Crippen molar-refractivity contribution in [3.8, 4) is 0 Å². The van der Waals surface area contributed by atoms with E-state index in [0.29, 0.717) is 5.56 Å². The zero-order chi connectivity index (χ0) is 15.4. The van der Waals surface area contributed by atoms with Gasteiger partial charge in [0.05, 0.1) is 11.3 Å². The van der Waals surface area contributed by atoms with Gasteiger partial charge in [-0.2, -0.15) is 0 Å². The molecule has 3 nitrogen and oxygen atoms in total. The van der Waals surface area contributed by atoms with Gasteiger partial charge in [0.2, 0.25) is 0 Å². The number of hydrogen-bond donors (Lipinski definition) is 2. The molecule has 1 amide bonds. The molecule has 21 heavy (non-hydrogen) atoms. The van der Waals surface area contributed by atoms with E-state index in [9.17, 15) is 4.79 Å². The first-order chi connectivity index (χ1) is 9.97. The van der Waals surface area contributed by atoms with Gasteiger partial charge in [-0.15, -0.1) is 0 Å². The number of aryl methyl sites for hydroxylation is 1. The second kappa shape index (κ2) is 7.15. The standard InChI is InChI=1S/C15H12Br2N2OS/c1-9-6-7-13(12(17)8-9)18-15(21)19-14(20)10-4-2-3-5-11(10)16/h2-8H,1H3,(H2,18,19,20,21). The lowest BCUT2D eigenvalue weighted by Gasteiger charge is -2.12. The summed E-state index contributed by atoms with van der Waals surface area (Å²) in [5, 5.41) is 5.90. The summed E-state index contributed by atoms with van der Waals surface area (Å²) in [6, 6.07) is 13.0. The zero-order valence-corrected chi connectivity index (χ0v) is 15.1. The van der Waals surface area contributed by atoms with E-state index in [4.69, 9.17) is 12.2 Å². The maximum atomic E-state index is 12.1. The van der Waals surface area contributed by atoms with Crippen LogP contribution in [0.4, 0.5) is 5.69 Å². The summed E-state index contributed by atoms with van der Waals surface area (Å²) in [6.45, 7) is 2.00. The Balaban J connectivity index is 2.05. The highest BCUT2D eigenvalue weighted by Gasteiger charge is 2.11. The Morgan fingerprint density at radius 3 is 2.48 bits per heavy atom. The van der Waals surface area contributed by atoms with Gasteiger partial charge in [-0.3, -0.25) is 10.1 Å². The fraction of sp³-hybridized carbons (Fsp3) is 0.0667. The third kappa shape index (κ3) is 4.36. The maximum absolute atomic E-state index is 12.1. The molecule has 0 aliphatic carbocycles. The number of benzene rings is 2. The molecular weight excluding hydrogens is 416 g/mol. The molecule has 0 radical (unpaired) electrons. The highest BCUT2D eigenvalue weighted by molar-refractivity contribution is 9.11. The molecule has 2 rings (SSSR count). The van der Waals surface area contributed by atoms with E-state index in [-0.39, 0.29) is 11.0 Å². The minimum atomic E-state index is -0.261. The molecule has 2 N–H and O–H groups in total. The molecule has 0 bridgehead atoms. The molecule has 0 saturated heterocycles. The average Bonchev–Trinajstić information content (AvgIpc) is 2.42. The summed E-state index contributed by atoms with van der Waals surface area (Å²) < 4.78 is 1.61. The Kier molecular flexibility index (Phi) is 5.50. The Bertz CT molecular complexity index is 704. The van der Waals surface area contributed by atoms with Crippen LogP contribution in [-0.4, -0.2) is 11.0 Å². The number of thiocarbonyl (C=S) groups is 1. The van der Waals surface area contributed by atoms with Gasteiger partial charge in [-0.25, -0.2) is 0 Å². The molecule has 0 atom stereocenters. The van der Waals surface area contributed by atoms with Crippen LogP contribution >= 0.6 is 44.1 Å². The largest absolute Gasteiger partial charge is 0.331 e. The summed E-state index contributed by atoms with van der Waals surface area (Å²) in [5.41, 5.74) is 2.47. The molecule has 0 unspecified atom stereocenters. The fourth-order valence-corrected chi connectivity index (χ4v) is 2.95. The predicted molar refractivity (Wildman–Crippen MR) is 96.7 cm³/mol. The zero-order valence-electron chi connectivity index (χ0n) is 11.1. The molecule has 108 valence electrons. The van der Waals surface area contributed by atoms with Crippen LogP contribution < -0.4 is 10.6 Å². The minimum Gasteiger partial charge on any atom is -0.331 e. The number of nitrogens with one attached hydrogen (secondary N) is 2. The van der Waals surface area contributed by atoms with Gasteiger partial charge in [-0.05, 0) is 80.8 Å². The van der Waals surface area contributed by atoms with Gasteiger partial charge in [-0.1, -0.05) is 18.2 Å². The first-order valence-corrected chi connectivity index (χ1v) is 8.10. The minimum absolute atomic E-state index is 0.250. The van der Waals surface area contributed by atoms with Crippen molar-refractivity contribution in [2.24, 2.45) is 0 Å². The lowest BCUT2D eigenvalue weighted by molar-refractivity contribution is 0.0977. The van der Waals surface area contributed by atoms with E-state index in [1.807, 2.05) is 37.3 Å². The van der Waals surface area contributed by atoms with E-state index < -0.39 is 0 Å². The number of carbonyl (C=O) groups excluding carboxylic acids is 1. The van der Waals surface area contributed by atoms with E-state index in [1.54, 1.807) is 12.1 Å². The summed E-state index contributed by atoms with van der Waals surface area (Å²) in [5.74, 6) is -0.261. The van der Waals surface area contributed by atoms with E-state index >= 15 is 0 Å². The lowest BCUT2D eigenvalue weighted by Crippen LogP contribution is -2.34. The summed E-state index contributed by atoms with van der Waals surface area (Å²) in [7, 11) is 0. The molecular formula is C15H12Br2N2OS. The number of hydrogen-bond acceptors (Lipinski definition) is 2. The Morgan fingerprint density at radius 1 is 1.10 bits per heavy atom. The van der Waals surface area contributed by atoms with Gasteiger partial charge in [0.1, 0.15) is 0 Å². The first-order valence-electron chi connectivity index (χ1n) is 6.10. The maximum Gasteiger partial charge on any atom is 0.258 e. The van der Waals surface area contributed by atoms with Gasteiger partial charge in [0.25, 0.3) is 5.91 Å². The summed E-state index contributed by atoms with van der Waals surface area (Å²) >= 11 is 12.0. The first kappa shape index (κ1) is 16.1. The van der Waals surface area contributed by atoms with Gasteiger partial charge in [0, 0.05) is 8.95 Å². The number of halogens is 2. The smallest absolute Gasteiger partial charge is 0.258 e. The van der Waals surface area contributed by atoms with Crippen molar-refractivity contribution in [1.82, 2.24) is 5.32 Å². The molecule has 2 aromatic carbocycles. The Labute approximate surface area is 145 Å². The Hall–Kier alpha value is -1.24. The average molecular weight is 428 g/mol. The van der Waals surface area contributed by atoms with Crippen molar-refractivity contribution in [2.45, 2.75) is 6.92 Å². The highest BCUT2D eigenvalue weighted by Crippen LogP contribution is 2.23. The van der Waals surface area contributed by atoms with Crippen molar-refractivity contribution < 1.29 is 4.79 Å². The summed E-state index contributed by atoms with van der Waals surface area (Å²) in [4.78, 5) is 12.1. The predicted octanol–water partition coefficient (Wildman–Crippen LogP) is 4.65. The van der Waals surface area contributed by atoms with Crippen molar-refractivity contribution in [1.29, 1.82) is 0 Å². The SMILES string of the molecule is Cc1ccc(NC(=S)NC(=O)c2ccccc2Br)c(Br)c1. The molecule has 0 aliphatic rings. The number of rotatable bonds is 2. The van der Waals surface area contributed by atoms with Crippen molar-refractivity contribution >= 4 is 60.8 Å². The third-order valence-electron chi connectivity index (χ3n) is 2.72. The van der Waals surface area contributed by atoms with Gasteiger partial charge >= 0.3 is 0 Å². The van der Waals surface area contributed by atoms with Crippen LogP contribution in [0.3, 0.4) is 0 Å². The fourth-order valence-electron chi connectivity index (χ4n) is 1.69. The van der Waals surface area contributed by atoms with Crippen LogP contribution in [0, 0.1) is 6.92 Å². The monoisotopic (exact) mass is 426 g/mol. The van der Waals surface area contributed by atoms with Crippen LogP contribution in [-0.2, 0) is 0 Å². The molecule has 0 aromatic heterocycles.